The van der Waals surface area contributed by atoms with Crippen molar-refractivity contribution in [3.63, 3.8) is 0 Å². The van der Waals surface area contributed by atoms with E-state index in [0.29, 0.717) is 19.0 Å². The summed E-state index contributed by atoms with van der Waals surface area (Å²) in [6, 6.07) is 8.07. The highest BCUT2D eigenvalue weighted by atomic mass is 127. The smallest absolute Gasteiger partial charge is 0.310 e. The molecule has 2 aliphatic heterocycles. The van der Waals surface area contributed by atoms with Gasteiger partial charge in [-0.15, -0.1) is 24.0 Å². The van der Waals surface area contributed by atoms with Crippen LogP contribution in [0.4, 0.5) is 5.69 Å². The second-order valence-corrected chi connectivity index (χ2v) is 7.19. The number of halogens is 1. The van der Waals surface area contributed by atoms with Gasteiger partial charge in [0.15, 0.2) is 5.96 Å². The molecule has 0 spiro atoms. The van der Waals surface area contributed by atoms with E-state index < -0.39 is 0 Å². The van der Waals surface area contributed by atoms with E-state index in [0.717, 1.165) is 25.1 Å². The summed E-state index contributed by atoms with van der Waals surface area (Å²) < 4.78 is 4.89. The van der Waals surface area contributed by atoms with Crippen LogP contribution in [0, 0.1) is 11.8 Å². The number of ether oxygens (including phenoxy) is 1. The van der Waals surface area contributed by atoms with Gasteiger partial charge in [0.05, 0.1) is 19.6 Å². The van der Waals surface area contributed by atoms with Crippen molar-refractivity contribution in [3.05, 3.63) is 29.8 Å². The number of carbonyl (C=O) groups is 2. The van der Waals surface area contributed by atoms with E-state index in [1.54, 1.807) is 7.05 Å². The fraction of sp³-hybridized carbons (Fsp3) is 0.550. The van der Waals surface area contributed by atoms with Gasteiger partial charge < -0.3 is 19.9 Å². The number of nitrogens with one attached hydrogen (secondary N) is 1. The van der Waals surface area contributed by atoms with Gasteiger partial charge in [-0.25, -0.2) is 0 Å². The monoisotopic (exact) mass is 500 g/mol. The minimum absolute atomic E-state index is 0. The molecule has 0 aromatic heterocycles. The molecule has 2 atom stereocenters. The average molecular weight is 500 g/mol. The first kappa shape index (κ1) is 22.4. The molecule has 1 N–H and O–H groups in total. The van der Waals surface area contributed by atoms with E-state index in [2.05, 4.69) is 16.4 Å². The summed E-state index contributed by atoms with van der Waals surface area (Å²) in [5.74, 6) is 0.493. The summed E-state index contributed by atoms with van der Waals surface area (Å²) in [7, 11) is 3.11. The molecule has 1 aromatic rings. The summed E-state index contributed by atoms with van der Waals surface area (Å²) in [5, 5.41) is 3.17. The zero-order chi connectivity index (χ0) is 19.4. The highest BCUT2D eigenvalue weighted by Crippen LogP contribution is 2.27. The van der Waals surface area contributed by atoms with E-state index in [-0.39, 0.29) is 54.2 Å². The summed E-state index contributed by atoms with van der Waals surface area (Å²) in [4.78, 5) is 32.9. The van der Waals surface area contributed by atoms with Crippen LogP contribution in [-0.2, 0) is 20.7 Å². The van der Waals surface area contributed by atoms with Crippen molar-refractivity contribution in [1.29, 1.82) is 0 Å². The molecule has 154 valence electrons. The van der Waals surface area contributed by atoms with Crippen LogP contribution in [0.1, 0.15) is 18.9 Å². The second kappa shape index (κ2) is 10.1. The van der Waals surface area contributed by atoms with Crippen LogP contribution in [-0.4, -0.2) is 63.1 Å². The summed E-state index contributed by atoms with van der Waals surface area (Å²) in [6.45, 7) is 4.20. The van der Waals surface area contributed by atoms with Gasteiger partial charge in [0.1, 0.15) is 0 Å². The third-order valence-electron chi connectivity index (χ3n) is 5.44. The molecule has 7 nitrogen and oxygen atoms in total. The maximum absolute atomic E-state index is 12.8. The number of fused-ring (bicyclic) bond motifs is 1. The molecule has 28 heavy (non-hydrogen) atoms. The number of carbonyl (C=O) groups excluding carboxylic acids is 2. The van der Waals surface area contributed by atoms with E-state index in [1.807, 2.05) is 34.9 Å². The number of amides is 1. The Bertz CT molecular complexity index is 740. The normalized spacial score (nSPS) is 21.6. The van der Waals surface area contributed by atoms with Crippen molar-refractivity contribution in [2.24, 2.45) is 16.8 Å². The van der Waals surface area contributed by atoms with Gasteiger partial charge in [-0.1, -0.05) is 25.1 Å². The molecule has 1 fully saturated rings. The highest BCUT2D eigenvalue weighted by molar-refractivity contribution is 14.0. The first-order chi connectivity index (χ1) is 13.0. The molecule has 2 aliphatic rings. The molecule has 2 unspecified atom stereocenters. The number of aliphatic imine (C=N–C) groups is 1. The van der Waals surface area contributed by atoms with Crippen LogP contribution in [0.2, 0.25) is 0 Å². The summed E-state index contributed by atoms with van der Waals surface area (Å²) in [5.41, 5.74) is 2.22. The number of nitrogens with zero attached hydrogens (tertiary/aromatic N) is 3. The van der Waals surface area contributed by atoms with E-state index in [4.69, 9.17) is 4.74 Å². The van der Waals surface area contributed by atoms with Gasteiger partial charge in [-0.05, 0) is 30.4 Å². The van der Waals surface area contributed by atoms with Crippen LogP contribution >= 0.6 is 24.0 Å². The third kappa shape index (κ3) is 4.76. The molecule has 0 radical (unpaired) electrons. The number of likely N-dealkylation sites (tertiary alicyclic amines) is 1. The van der Waals surface area contributed by atoms with E-state index >= 15 is 0 Å². The lowest BCUT2D eigenvalue weighted by Crippen LogP contribution is -2.47. The molecule has 3 rings (SSSR count). The lowest BCUT2D eigenvalue weighted by Gasteiger charge is -2.30. The SMILES string of the molecule is CN=C(NCC(=O)N1CCCc2ccccc21)N1CC(C)C(C(=O)OC)C1.I. The maximum Gasteiger partial charge on any atom is 0.310 e. The molecular formula is C20H29IN4O3. The number of hydrogen-bond donors (Lipinski definition) is 1. The van der Waals surface area contributed by atoms with Gasteiger partial charge in [-0.2, -0.15) is 0 Å². The van der Waals surface area contributed by atoms with Crippen molar-refractivity contribution in [2.75, 3.05) is 45.2 Å². The summed E-state index contributed by atoms with van der Waals surface area (Å²) in [6.07, 6.45) is 1.98. The number of hydrogen-bond acceptors (Lipinski definition) is 4. The minimum atomic E-state index is -0.193. The molecule has 1 aromatic carbocycles. The number of rotatable bonds is 3. The van der Waals surface area contributed by atoms with Crippen LogP contribution in [0.5, 0.6) is 0 Å². The number of guanidine groups is 1. The number of methoxy groups -OCH3 is 1. The predicted octanol–water partition coefficient (Wildman–Crippen LogP) is 1.90. The molecule has 2 heterocycles. The highest BCUT2D eigenvalue weighted by Gasteiger charge is 2.37. The molecule has 8 heteroatoms. The standard InChI is InChI=1S/C20H28N4O3.HI/c1-14-12-23(13-16(14)19(26)27-3)20(21-2)22-11-18(25)24-10-6-8-15-7-4-5-9-17(15)24;/h4-5,7,9,14,16H,6,8,10-13H2,1-3H3,(H,21,22);1H. The number of esters is 1. The molecule has 0 saturated carbocycles. The fourth-order valence-electron chi connectivity index (χ4n) is 3.97. The fourth-order valence-corrected chi connectivity index (χ4v) is 3.97. The molecule has 1 saturated heterocycles. The van der Waals surface area contributed by atoms with Gasteiger partial charge in [-0.3, -0.25) is 14.6 Å². The van der Waals surface area contributed by atoms with Gasteiger partial charge in [0, 0.05) is 32.4 Å². The predicted molar refractivity (Wildman–Crippen MR) is 120 cm³/mol. The Labute approximate surface area is 183 Å². The zero-order valence-electron chi connectivity index (χ0n) is 16.7. The Morgan fingerprint density at radius 2 is 2.04 bits per heavy atom. The van der Waals surface area contributed by atoms with E-state index in [9.17, 15) is 9.59 Å². The van der Waals surface area contributed by atoms with Gasteiger partial charge >= 0.3 is 5.97 Å². The van der Waals surface area contributed by atoms with Gasteiger partial charge in [0.25, 0.3) is 0 Å². The third-order valence-corrected chi connectivity index (χ3v) is 5.44. The second-order valence-electron chi connectivity index (χ2n) is 7.19. The quantitative estimate of drug-likeness (QED) is 0.297. The van der Waals surface area contributed by atoms with E-state index in [1.165, 1.54) is 12.7 Å². The number of para-hydroxylation sites is 1. The zero-order valence-corrected chi connectivity index (χ0v) is 19.0. The Morgan fingerprint density at radius 1 is 1.29 bits per heavy atom. The largest absolute Gasteiger partial charge is 0.469 e. The van der Waals surface area contributed by atoms with Crippen molar-refractivity contribution in [2.45, 2.75) is 19.8 Å². The topological polar surface area (TPSA) is 74.2 Å². The van der Waals surface area contributed by atoms with Crippen molar-refractivity contribution in [1.82, 2.24) is 10.2 Å². The number of anilines is 1. The number of aryl methyl sites for hydroxylation is 1. The lowest BCUT2D eigenvalue weighted by molar-refractivity contribution is -0.146. The van der Waals surface area contributed by atoms with Crippen LogP contribution in [0.15, 0.2) is 29.3 Å². The Hall–Kier alpha value is -1.84. The Balaban J connectivity index is 0.00000280. The summed E-state index contributed by atoms with van der Waals surface area (Å²) >= 11 is 0. The lowest BCUT2D eigenvalue weighted by atomic mass is 9.99. The molecule has 0 bridgehead atoms. The first-order valence-corrected chi connectivity index (χ1v) is 9.46. The molecule has 1 amide bonds. The van der Waals surface area contributed by atoms with Crippen LogP contribution < -0.4 is 10.2 Å². The van der Waals surface area contributed by atoms with Crippen molar-refractivity contribution >= 4 is 47.5 Å². The van der Waals surface area contributed by atoms with Crippen LogP contribution in [0.3, 0.4) is 0 Å². The van der Waals surface area contributed by atoms with Gasteiger partial charge in [0.2, 0.25) is 5.91 Å². The average Bonchev–Trinajstić information content (AvgIpc) is 3.08. The van der Waals surface area contributed by atoms with Crippen molar-refractivity contribution < 1.29 is 14.3 Å². The Kier molecular flexibility index (Phi) is 8.09. The maximum atomic E-state index is 12.8. The number of benzene rings is 1. The Morgan fingerprint density at radius 3 is 2.75 bits per heavy atom. The van der Waals surface area contributed by atoms with Crippen LogP contribution in [0.25, 0.3) is 0 Å². The van der Waals surface area contributed by atoms with Crippen molar-refractivity contribution in [3.8, 4) is 0 Å². The molecule has 0 aliphatic carbocycles. The molecular weight excluding hydrogens is 471 g/mol. The minimum Gasteiger partial charge on any atom is -0.469 e. The first-order valence-electron chi connectivity index (χ1n) is 9.46.